The van der Waals surface area contributed by atoms with Gasteiger partial charge in [-0.25, -0.2) is 4.90 Å². The highest BCUT2D eigenvalue weighted by molar-refractivity contribution is 5.14. The average Bonchev–Trinajstić information content (AvgIpc) is 2.61. The molecule has 1 unspecified atom stereocenters. The fourth-order valence-electron chi connectivity index (χ4n) is 6.33. The van der Waals surface area contributed by atoms with E-state index in [4.69, 9.17) is 0 Å². The Balaban J connectivity index is 0.00000157. The molecule has 4 nitrogen and oxygen atoms in total. The van der Waals surface area contributed by atoms with E-state index in [1.807, 2.05) is 0 Å². The van der Waals surface area contributed by atoms with Crippen molar-refractivity contribution in [2.45, 2.75) is 38.1 Å². The molecule has 3 atom stereocenters. The van der Waals surface area contributed by atoms with E-state index in [0.29, 0.717) is 6.17 Å². The van der Waals surface area contributed by atoms with Crippen molar-refractivity contribution >= 4 is 0 Å². The quantitative estimate of drug-likeness (QED) is 0.411. The first-order valence-electron chi connectivity index (χ1n) is 9.86. The second-order valence-electron chi connectivity index (χ2n) is 8.47. The Morgan fingerprint density at radius 1 is 0.920 bits per heavy atom. The molecule has 0 saturated carbocycles. The molecular weight excluding hydrogens is 423 g/mol. The van der Waals surface area contributed by atoms with Crippen LogP contribution in [0.1, 0.15) is 25.3 Å². The molecular formula is C20H31IN4. The van der Waals surface area contributed by atoms with Crippen molar-refractivity contribution < 1.29 is 28.5 Å². The maximum Gasteiger partial charge on any atom is 0.182 e. The van der Waals surface area contributed by atoms with Crippen molar-refractivity contribution in [3.8, 4) is 0 Å². The highest BCUT2D eigenvalue weighted by Crippen LogP contribution is 2.46. The van der Waals surface area contributed by atoms with Crippen LogP contribution in [0.2, 0.25) is 0 Å². The van der Waals surface area contributed by atoms with Crippen molar-refractivity contribution in [1.29, 1.82) is 0 Å². The van der Waals surface area contributed by atoms with Gasteiger partial charge in [0.05, 0.1) is 13.1 Å². The third-order valence-electron chi connectivity index (χ3n) is 7.49. The van der Waals surface area contributed by atoms with Crippen LogP contribution in [0.3, 0.4) is 0 Å². The molecule has 0 N–H and O–H groups in total. The molecule has 138 valence electrons. The Morgan fingerprint density at radius 2 is 1.68 bits per heavy atom. The minimum atomic E-state index is 0. The Kier molecular flexibility index (Phi) is 4.90. The summed E-state index contributed by atoms with van der Waals surface area (Å²) in [7, 11) is 0. The smallest absolute Gasteiger partial charge is 0.182 e. The standard InChI is InChI=1S/C20H31N4.HI/c1-20-19-21-9-5-10-22(19)14-16-24(20,15-6-11-23(20)13-12-21)17-18-7-3-2-4-8-18;/h2-4,7-8,19H,5-6,9-17H2,1H3;1H/q+1;/p-1/t19-,20-,24?;/m1./s1. The van der Waals surface area contributed by atoms with Gasteiger partial charge >= 0.3 is 0 Å². The normalized spacial score (nSPS) is 38.7. The van der Waals surface area contributed by atoms with Crippen LogP contribution in [0.4, 0.5) is 0 Å². The van der Waals surface area contributed by atoms with Gasteiger partial charge in [0.2, 0.25) is 0 Å². The molecule has 1 aromatic rings. The molecule has 0 spiro atoms. The van der Waals surface area contributed by atoms with E-state index in [2.05, 4.69) is 52.0 Å². The fourth-order valence-corrected chi connectivity index (χ4v) is 6.33. The summed E-state index contributed by atoms with van der Waals surface area (Å²) in [6, 6.07) is 11.2. The van der Waals surface area contributed by atoms with E-state index in [-0.39, 0.29) is 29.6 Å². The summed E-state index contributed by atoms with van der Waals surface area (Å²) in [5.41, 5.74) is 1.77. The number of piperazine rings is 2. The van der Waals surface area contributed by atoms with Gasteiger partial charge in [0.15, 0.2) is 5.66 Å². The molecule has 0 amide bonds. The van der Waals surface area contributed by atoms with E-state index in [1.165, 1.54) is 81.8 Å². The van der Waals surface area contributed by atoms with E-state index in [0.717, 1.165) is 0 Å². The second-order valence-corrected chi connectivity index (χ2v) is 8.47. The largest absolute Gasteiger partial charge is 1.00 e. The molecule has 0 bridgehead atoms. The molecule has 4 fully saturated rings. The van der Waals surface area contributed by atoms with Gasteiger partial charge in [0.1, 0.15) is 12.7 Å². The number of rotatable bonds is 2. The van der Waals surface area contributed by atoms with Gasteiger partial charge < -0.3 is 24.0 Å². The van der Waals surface area contributed by atoms with E-state index >= 15 is 0 Å². The van der Waals surface area contributed by atoms with Gasteiger partial charge in [-0.1, -0.05) is 30.3 Å². The first-order chi connectivity index (χ1) is 11.7. The zero-order valence-corrected chi connectivity index (χ0v) is 17.6. The van der Waals surface area contributed by atoms with Crippen LogP contribution in [0, 0.1) is 0 Å². The van der Waals surface area contributed by atoms with Crippen LogP contribution in [0.15, 0.2) is 30.3 Å². The molecule has 0 aliphatic carbocycles. The third kappa shape index (κ3) is 2.61. The van der Waals surface area contributed by atoms with E-state index in [9.17, 15) is 0 Å². The lowest BCUT2D eigenvalue weighted by molar-refractivity contribution is -1.01. The summed E-state index contributed by atoms with van der Waals surface area (Å²) in [4.78, 5) is 8.48. The number of hydrogen-bond donors (Lipinski definition) is 0. The third-order valence-corrected chi connectivity index (χ3v) is 7.49. The second kappa shape index (κ2) is 6.75. The molecule has 5 heteroatoms. The van der Waals surface area contributed by atoms with Crippen LogP contribution in [-0.4, -0.2) is 83.4 Å². The average molecular weight is 454 g/mol. The van der Waals surface area contributed by atoms with Crippen molar-refractivity contribution in [3.63, 3.8) is 0 Å². The lowest BCUT2D eigenvalue weighted by Gasteiger charge is -2.70. The van der Waals surface area contributed by atoms with Gasteiger partial charge in [-0.2, -0.15) is 0 Å². The lowest BCUT2D eigenvalue weighted by Crippen LogP contribution is -3.00. The monoisotopic (exact) mass is 454 g/mol. The minimum Gasteiger partial charge on any atom is -1.00 e. The zero-order valence-electron chi connectivity index (χ0n) is 15.4. The lowest BCUT2D eigenvalue weighted by atomic mass is 9.86. The van der Waals surface area contributed by atoms with Gasteiger partial charge in [-0.15, -0.1) is 0 Å². The summed E-state index contributed by atoms with van der Waals surface area (Å²) in [6.45, 7) is 14.2. The minimum absolute atomic E-state index is 0. The summed E-state index contributed by atoms with van der Waals surface area (Å²) in [6.07, 6.45) is 3.33. The Bertz CT molecular complexity index is 605. The topological polar surface area (TPSA) is 9.72 Å². The van der Waals surface area contributed by atoms with Gasteiger partial charge in [0.25, 0.3) is 0 Å². The van der Waals surface area contributed by atoms with Gasteiger partial charge in [0, 0.05) is 58.2 Å². The molecule has 25 heavy (non-hydrogen) atoms. The van der Waals surface area contributed by atoms with Crippen LogP contribution in [0.25, 0.3) is 0 Å². The molecule has 4 aliphatic heterocycles. The first-order valence-corrected chi connectivity index (χ1v) is 9.86. The van der Waals surface area contributed by atoms with Crippen LogP contribution in [-0.2, 0) is 6.54 Å². The number of hydrogen-bond acceptors (Lipinski definition) is 3. The number of halogens is 1. The molecule has 1 aromatic carbocycles. The maximum atomic E-state index is 2.86. The Morgan fingerprint density at radius 3 is 2.48 bits per heavy atom. The molecule has 5 rings (SSSR count). The predicted octanol–water partition coefficient (Wildman–Crippen LogP) is -1.21. The SMILES string of the molecule is C[C@]12[C@@H]3N4CCCN3CC[N+]1(Cc1ccccc1)CCCN2CC4.[I-]. The molecule has 0 radical (unpaired) electrons. The van der Waals surface area contributed by atoms with Crippen LogP contribution >= 0.6 is 0 Å². The first kappa shape index (κ1) is 18.2. The van der Waals surface area contributed by atoms with Crippen LogP contribution in [0.5, 0.6) is 0 Å². The Labute approximate surface area is 169 Å². The van der Waals surface area contributed by atoms with Crippen molar-refractivity contribution in [2.75, 3.05) is 52.4 Å². The zero-order chi connectivity index (χ0) is 16.2. The Hall–Kier alpha value is -0.210. The summed E-state index contributed by atoms with van der Waals surface area (Å²) in [5, 5.41) is 0. The van der Waals surface area contributed by atoms with E-state index in [1.54, 1.807) is 0 Å². The highest BCUT2D eigenvalue weighted by atomic mass is 127. The molecule has 4 saturated heterocycles. The maximum absolute atomic E-state index is 2.86. The predicted molar refractivity (Wildman–Crippen MR) is 96.3 cm³/mol. The molecule has 0 aromatic heterocycles. The summed E-state index contributed by atoms with van der Waals surface area (Å²) < 4.78 is 1.27. The number of benzene rings is 1. The number of quaternary nitrogens is 1. The highest BCUT2D eigenvalue weighted by Gasteiger charge is 2.65. The van der Waals surface area contributed by atoms with Crippen molar-refractivity contribution in [2.24, 2.45) is 0 Å². The summed E-state index contributed by atoms with van der Waals surface area (Å²) in [5.74, 6) is 0. The van der Waals surface area contributed by atoms with Crippen molar-refractivity contribution in [3.05, 3.63) is 35.9 Å². The van der Waals surface area contributed by atoms with E-state index < -0.39 is 0 Å². The molecule has 4 aliphatic rings. The number of nitrogens with zero attached hydrogens (tertiary/aromatic N) is 4. The van der Waals surface area contributed by atoms with Gasteiger partial charge in [-0.05, 0) is 6.42 Å². The fraction of sp³-hybridized carbons (Fsp3) is 0.700. The summed E-state index contributed by atoms with van der Waals surface area (Å²) >= 11 is 0. The van der Waals surface area contributed by atoms with Gasteiger partial charge in [-0.3, -0.25) is 14.3 Å². The van der Waals surface area contributed by atoms with Crippen LogP contribution < -0.4 is 24.0 Å². The van der Waals surface area contributed by atoms with Crippen molar-refractivity contribution in [1.82, 2.24) is 14.7 Å². The molecule has 4 heterocycles.